The van der Waals surface area contributed by atoms with Crippen LogP contribution in [0.1, 0.15) is 0 Å². The van der Waals surface area contributed by atoms with Gasteiger partial charge in [-0.15, -0.1) is 11.3 Å². The van der Waals surface area contributed by atoms with Crippen LogP contribution in [0.2, 0.25) is 0 Å². The number of hydrogen-bond donors (Lipinski definition) is 0. The number of para-hydroxylation sites is 4. The van der Waals surface area contributed by atoms with Gasteiger partial charge in [0.05, 0.1) is 22.4 Å². The van der Waals surface area contributed by atoms with Gasteiger partial charge in [-0.1, -0.05) is 140 Å². The largest absolute Gasteiger partial charge is 0.309 e. The maximum absolute atomic E-state index is 2.47. The summed E-state index contributed by atoms with van der Waals surface area (Å²) in [6.07, 6.45) is 0. The zero-order valence-corrected chi connectivity index (χ0v) is 28.6. The van der Waals surface area contributed by atoms with E-state index in [0.717, 1.165) is 17.1 Å². The van der Waals surface area contributed by atoms with Crippen molar-refractivity contribution in [3.05, 3.63) is 194 Å². The highest BCUT2D eigenvalue weighted by Crippen LogP contribution is 2.48. The summed E-state index contributed by atoms with van der Waals surface area (Å²) in [7, 11) is 0. The molecule has 0 aliphatic rings. The van der Waals surface area contributed by atoms with Crippen molar-refractivity contribution >= 4 is 70.4 Å². The lowest BCUT2D eigenvalue weighted by molar-refractivity contribution is 1.18. The average molecular weight is 669 g/mol. The lowest BCUT2D eigenvalue weighted by atomic mass is 9.99. The van der Waals surface area contributed by atoms with Crippen LogP contribution in [0.3, 0.4) is 0 Å². The Morgan fingerprint density at radius 2 is 1.02 bits per heavy atom. The molecule has 51 heavy (non-hydrogen) atoms. The monoisotopic (exact) mass is 668 g/mol. The zero-order valence-electron chi connectivity index (χ0n) is 27.8. The Morgan fingerprint density at radius 3 is 1.90 bits per heavy atom. The molecule has 0 saturated heterocycles. The molecule has 10 aromatic rings. The fourth-order valence-electron chi connectivity index (χ4n) is 7.79. The molecule has 8 aromatic carbocycles. The molecule has 0 atom stereocenters. The number of thiophene rings is 1. The van der Waals surface area contributed by atoms with E-state index in [1.807, 2.05) is 11.3 Å². The Bertz CT molecular complexity index is 2860. The van der Waals surface area contributed by atoms with Gasteiger partial charge in [-0.25, -0.2) is 0 Å². The SMILES string of the molecule is c1ccc(-c2ccccc2N(c2cccc(-c3cccc4c5ccccc5n(-c5ccccc5)c34)c2)c2cccc3sc4ccccc4c23)cc1. The Balaban J connectivity index is 1.26. The Morgan fingerprint density at radius 1 is 0.412 bits per heavy atom. The van der Waals surface area contributed by atoms with Crippen LogP contribution in [0.25, 0.3) is 69.9 Å². The molecule has 0 unspecified atom stereocenters. The number of fused-ring (bicyclic) bond motifs is 6. The Kier molecular flexibility index (Phi) is 7.04. The van der Waals surface area contributed by atoms with Crippen molar-refractivity contribution in [1.82, 2.24) is 4.57 Å². The van der Waals surface area contributed by atoms with Crippen LogP contribution in [0.15, 0.2) is 194 Å². The Hall–Kier alpha value is -6.42. The molecule has 2 nitrogen and oxygen atoms in total. The standard InChI is InChI=1S/C48H32N2S/c1-3-16-33(17-4-1)37-22-7-10-27-42(37)49(44-29-15-31-46-47(44)41-24-9-12-30-45(41)51-46)36-21-13-18-34(32-36)38-25-14-26-40-39-23-8-11-28-43(39)50(48(38)40)35-19-5-2-6-20-35/h1-32H. The molecule has 0 bridgehead atoms. The van der Waals surface area contributed by atoms with Crippen molar-refractivity contribution in [2.45, 2.75) is 0 Å². The van der Waals surface area contributed by atoms with Gasteiger partial charge < -0.3 is 9.47 Å². The van der Waals surface area contributed by atoms with Crippen LogP contribution in [-0.4, -0.2) is 4.57 Å². The normalized spacial score (nSPS) is 11.5. The van der Waals surface area contributed by atoms with Crippen LogP contribution < -0.4 is 4.90 Å². The highest BCUT2D eigenvalue weighted by atomic mass is 32.1. The molecule has 0 amide bonds. The smallest absolute Gasteiger partial charge is 0.0619 e. The van der Waals surface area contributed by atoms with E-state index in [-0.39, 0.29) is 0 Å². The molecule has 0 radical (unpaired) electrons. The van der Waals surface area contributed by atoms with Gasteiger partial charge in [0.25, 0.3) is 0 Å². The molecule has 2 aromatic heterocycles. The fourth-order valence-corrected chi connectivity index (χ4v) is 8.92. The predicted octanol–water partition coefficient (Wildman–Crippen LogP) is 14.0. The third kappa shape index (κ3) is 4.85. The van der Waals surface area contributed by atoms with Gasteiger partial charge in [-0.2, -0.15) is 0 Å². The van der Waals surface area contributed by atoms with Crippen LogP contribution in [0.4, 0.5) is 17.1 Å². The molecule has 240 valence electrons. The van der Waals surface area contributed by atoms with Crippen molar-refractivity contribution in [3.8, 4) is 27.9 Å². The van der Waals surface area contributed by atoms with Crippen LogP contribution >= 0.6 is 11.3 Å². The minimum Gasteiger partial charge on any atom is -0.309 e. The highest BCUT2D eigenvalue weighted by molar-refractivity contribution is 7.26. The van der Waals surface area contributed by atoms with E-state index < -0.39 is 0 Å². The van der Waals surface area contributed by atoms with Crippen molar-refractivity contribution in [2.75, 3.05) is 4.90 Å². The van der Waals surface area contributed by atoms with Gasteiger partial charge in [0, 0.05) is 53.4 Å². The molecule has 0 aliphatic carbocycles. The summed E-state index contributed by atoms with van der Waals surface area (Å²) in [5, 5.41) is 5.06. The molecular formula is C48H32N2S. The second-order valence-electron chi connectivity index (χ2n) is 12.9. The number of anilines is 3. The zero-order chi connectivity index (χ0) is 33.7. The average Bonchev–Trinajstić information content (AvgIpc) is 3.76. The van der Waals surface area contributed by atoms with E-state index >= 15 is 0 Å². The van der Waals surface area contributed by atoms with Gasteiger partial charge in [-0.05, 0) is 65.7 Å². The van der Waals surface area contributed by atoms with Crippen molar-refractivity contribution < 1.29 is 0 Å². The summed E-state index contributed by atoms with van der Waals surface area (Å²) in [4.78, 5) is 2.47. The van der Waals surface area contributed by atoms with Crippen molar-refractivity contribution in [3.63, 3.8) is 0 Å². The minimum atomic E-state index is 1.11. The molecule has 0 saturated carbocycles. The number of aromatic nitrogens is 1. The topological polar surface area (TPSA) is 8.17 Å². The van der Waals surface area contributed by atoms with Crippen LogP contribution in [0, 0.1) is 0 Å². The van der Waals surface area contributed by atoms with Gasteiger partial charge in [0.2, 0.25) is 0 Å². The van der Waals surface area contributed by atoms with E-state index in [1.54, 1.807) is 0 Å². The van der Waals surface area contributed by atoms with E-state index in [0.29, 0.717) is 0 Å². The number of hydrogen-bond acceptors (Lipinski definition) is 2. The van der Waals surface area contributed by atoms with E-state index in [1.165, 1.54) is 69.9 Å². The first-order chi connectivity index (χ1) is 25.3. The van der Waals surface area contributed by atoms with Crippen LogP contribution in [-0.2, 0) is 0 Å². The summed E-state index contributed by atoms with van der Waals surface area (Å²) in [5.41, 5.74) is 11.7. The molecule has 2 heterocycles. The minimum absolute atomic E-state index is 1.11. The second-order valence-corrected chi connectivity index (χ2v) is 14.0. The first-order valence-corrected chi connectivity index (χ1v) is 18.2. The first-order valence-electron chi connectivity index (χ1n) is 17.4. The van der Waals surface area contributed by atoms with Gasteiger partial charge in [0.1, 0.15) is 0 Å². The molecule has 0 fully saturated rings. The van der Waals surface area contributed by atoms with E-state index in [4.69, 9.17) is 0 Å². The molecule has 0 N–H and O–H groups in total. The molecule has 10 rings (SSSR count). The van der Waals surface area contributed by atoms with Gasteiger partial charge in [-0.3, -0.25) is 0 Å². The van der Waals surface area contributed by atoms with Crippen molar-refractivity contribution in [1.29, 1.82) is 0 Å². The lowest BCUT2D eigenvalue weighted by Crippen LogP contribution is -2.11. The quantitative estimate of drug-likeness (QED) is 0.171. The molecule has 0 spiro atoms. The summed E-state index contributed by atoms with van der Waals surface area (Å²) in [5.74, 6) is 0. The summed E-state index contributed by atoms with van der Waals surface area (Å²) in [6, 6.07) is 70.4. The number of nitrogens with zero attached hydrogens (tertiary/aromatic N) is 2. The number of rotatable bonds is 6. The third-order valence-electron chi connectivity index (χ3n) is 9.98. The fraction of sp³-hybridized carbons (Fsp3) is 0. The Labute approximate surface area is 300 Å². The maximum Gasteiger partial charge on any atom is 0.0619 e. The number of benzene rings is 8. The third-order valence-corrected chi connectivity index (χ3v) is 11.1. The lowest BCUT2D eigenvalue weighted by Gasteiger charge is -2.29. The molecule has 0 aliphatic heterocycles. The summed E-state index contributed by atoms with van der Waals surface area (Å²) in [6.45, 7) is 0. The van der Waals surface area contributed by atoms with Gasteiger partial charge in [0.15, 0.2) is 0 Å². The molecular weight excluding hydrogens is 637 g/mol. The highest BCUT2D eigenvalue weighted by Gasteiger charge is 2.22. The maximum atomic E-state index is 2.47. The summed E-state index contributed by atoms with van der Waals surface area (Å²) < 4.78 is 5.00. The molecule has 3 heteroatoms. The van der Waals surface area contributed by atoms with Gasteiger partial charge >= 0.3 is 0 Å². The summed E-state index contributed by atoms with van der Waals surface area (Å²) >= 11 is 1.86. The van der Waals surface area contributed by atoms with E-state index in [2.05, 4.69) is 204 Å². The first kappa shape index (κ1) is 29.5. The van der Waals surface area contributed by atoms with Crippen LogP contribution in [0.5, 0.6) is 0 Å². The predicted molar refractivity (Wildman–Crippen MR) is 219 cm³/mol. The second kappa shape index (κ2) is 12.2. The van der Waals surface area contributed by atoms with Crippen molar-refractivity contribution in [2.24, 2.45) is 0 Å². The van der Waals surface area contributed by atoms with E-state index in [9.17, 15) is 0 Å².